The van der Waals surface area contributed by atoms with Crippen LogP contribution in [0.2, 0.25) is 0 Å². The highest BCUT2D eigenvalue weighted by Crippen LogP contribution is 1.98. The molecule has 48 valence electrons. The number of hydrogen-bond donors (Lipinski definition) is 4. The van der Waals surface area contributed by atoms with Crippen LogP contribution in [-0.2, 0) is 0 Å². The predicted octanol–water partition coefficient (Wildman–Crippen LogP) is -0.921. The zero-order chi connectivity index (χ0) is 6.62. The standard InChI is InChI=1S/C4H8O4/c5-3-1-2-4(6,7)8/h1,3,5-8H,2H2. The molecule has 0 radical (unpaired) electrons. The lowest BCUT2D eigenvalue weighted by molar-refractivity contribution is -0.308. The Morgan fingerprint density at radius 2 is 1.75 bits per heavy atom. The third kappa shape index (κ3) is 5.42. The van der Waals surface area contributed by atoms with Crippen LogP contribution < -0.4 is 0 Å². The van der Waals surface area contributed by atoms with Crippen LogP contribution in [0.5, 0.6) is 0 Å². The molecule has 0 heterocycles. The minimum atomic E-state index is -2.70. The summed E-state index contributed by atoms with van der Waals surface area (Å²) in [5.41, 5.74) is 0. The van der Waals surface area contributed by atoms with Crippen molar-refractivity contribution in [1.29, 1.82) is 0 Å². The van der Waals surface area contributed by atoms with Gasteiger partial charge in [0.05, 0.1) is 12.7 Å². The lowest BCUT2D eigenvalue weighted by atomic mass is 10.4. The summed E-state index contributed by atoms with van der Waals surface area (Å²) in [7, 11) is 0. The minimum absolute atomic E-state index is 0.399. The van der Waals surface area contributed by atoms with Gasteiger partial charge in [-0.15, -0.1) is 0 Å². The highest BCUT2D eigenvalue weighted by atomic mass is 16.7. The predicted molar refractivity (Wildman–Crippen MR) is 25.8 cm³/mol. The Hall–Kier alpha value is -0.580. The van der Waals surface area contributed by atoms with Gasteiger partial charge in [0.25, 0.3) is 5.97 Å². The molecule has 0 saturated carbocycles. The number of rotatable bonds is 2. The second kappa shape index (κ2) is 2.66. The van der Waals surface area contributed by atoms with Gasteiger partial charge in [0, 0.05) is 0 Å². The summed E-state index contributed by atoms with van der Waals surface area (Å²) < 4.78 is 0. The van der Waals surface area contributed by atoms with Crippen molar-refractivity contribution in [2.45, 2.75) is 12.4 Å². The van der Waals surface area contributed by atoms with Crippen molar-refractivity contribution in [3.05, 3.63) is 12.3 Å². The van der Waals surface area contributed by atoms with Gasteiger partial charge in [-0.3, -0.25) is 0 Å². The smallest absolute Gasteiger partial charge is 0.279 e. The molecule has 0 atom stereocenters. The Labute approximate surface area is 46.3 Å². The number of aliphatic hydroxyl groups is 4. The lowest BCUT2D eigenvalue weighted by Gasteiger charge is -2.08. The Kier molecular flexibility index (Phi) is 2.47. The average molecular weight is 120 g/mol. The van der Waals surface area contributed by atoms with Crippen molar-refractivity contribution < 1.29 is 20.4 Å². The van der Waals surface area contributed by atoms with E-state index >= 15 is 0 Å². The normalized spacial score (nSPS) is 12.9. The van der Waals surface area contributed by atoms with E-state index in [0.29, 0.717) is 6.26 Å². The lowest BCUT2D eigenvalue weighted by Crippen LogP contribution is -2.25. The molecule has 0 amide bonds. The fourth-order valence-corrected chi connectivity index (χ4v) is 0.211. The molecule has 0 unspecified atom stereocenters. The first-order valence-electron chi connectivity index (χ1n) is 2.02. The molecule has 0 aliphatic rings. The zero-order valence-electron chi connectivity index (χ0n) is 4.15. The van der Waals surface area contributed by atoms with Crippen molar-refractivity contribution in [1.82, 2.24) is 0 Å². The summed E-state index contributed by atoms with van der Waals surface area (Å²) in [6, 6.07) is 0. The van der Waals surface area contributed by atoms with Crippen molar-refractivity contribution in [3.63, 3.8) is 0 Å². The minimum Gasteiger partial charge on any atom is -0.516 e. The van der Waals surface area contributed by atoms with Gasteiger partial charge < -0.3 is 20.4 Å². The van der Waals surface area contributed by atoms with Gasteiger partial charge in [0.2, 0.25) is 0 Å². The fraction of sp³-hybridized carbons (Fsp3) is 0.500. The molecule has 0 aromatic carbocycles. The summed E-state index contributed by atoms with van der Waals surface area (Å²) in [6.45, 7) is 0. The Morgan fingerprint density at radius 1 is 1.25 bits per heavy atom. The van der Waals surface area contributed by atoms with Gasteiger partial charge in [-0.25, -0.2) is 0 Å². The summed E-state index contributed by atoms with van der Waals surface area (Å²) in [5, 5.41) is 32.2. The molecule has 4 heteroatoms. The highest BCUT2D eigenvalue weighted by molar-refractivity contribution is 4.74. The molecule has 0 aliphatic heterocycles. The van der Waals surface area contributed by atoms with E-state index in [2.05, 4.69) is 0 Å². The molecular formula is C4H8O4. The van der Waals surface area contributed by atoms with E-state index < -0.39 is 12.4 Å². The largest absolute Gasteiger partial charge is 0.516 e. The average Bonchev–Trinajstić information content (AvgIpc) is 1.59. The molecule has 0 bridgehead atoms. The molecule has 0 spiro atoms. The maximum absolute atomic E-state index is 8.10. The van der Waals surface area contributed by atoms with E-state index in [0.717, 1.165) is 6.08 Å². The zero-order valence-corrected chi connectivity index (χ0v) is 4.15. The van der Waals surface area contributed by atoms with Gasteiger partial charge in [-0.1, -0.05) is 0 Å². The molecule has 0 aromatic rings. The Morgan fingerprint density at radius 3 is 1.88 bits per heavy atom. The van der Waals surface area contributed by atoms with E-state index in [-0.39, 0.29) is 0 Å². The van der Waals surface area contributed by atoms with Crippen LogP contribution in [0.25, 0.3) is 0 Å². The van der Waals surface area contributed by atoms with Gasteiger partial charge in [-0.2, -0.15) is 0 Å². The van der Waals surface area contributed by atoms with Gasteiger partial charge in [-0.05, 0) is 6.08 Å². The first-order chi connectivity index (χ1) is 3.56. The molecule has 8 heavy (non-hydrogen) atoms. The van der Waals surface area contributed by atoms with E-state index in [1.165, 1.54) is 0 Å². The molecule has 0 saturated heterocycles. The Balaban J connectivity index is 3.39. The topological polar surface area (TPSA) is 80.9 Å². The van der Waals surface area contributed by atoms with E-state index in [1.807, 2.05) is 0 Å². The summed E-state index contributed by atoms with van der Waals surface area (Å²) >= 11 is 0. The quantitative estimate of drug-likeness (QED) is 0.280. The molecule has 4 N–H and O–H groups in total. The van der Waals surface area contributed by atoms with Crippen LogP contribution in [0.1, 0.15) is 6.42 Å². The summed E-state index contributed by atoms with van der Waals surface area (Å²) in [5.74, 6) is -2.70. The van der Waals surface area contributed by atoms with Crippen molar-refractivity contribution in [2.75, 3.05) is 0 Å². The molecule has 0 aromatic heterocycles. The monoisotopic (exact) mass is 120 g/mol. The molecule has 0 rings (SSSR count). The van der Waals surface area contributed by atoms with Crippen LogP contribution in [0.15, 0.2) is 12.3 Å². The molecule has 4 nitrogen and oxygen atoms in total. The third-order valence-corrected chi connectivity index (χ3v) is 0.497. The van der Waals surface area contributed by atoms with Gasteiger partial charge in [0.15, 0.2) is 0 Å². The second-order valence-electron chi connectivity index (χ2n) is 1.36. The van der Waals surface area contributed by atoms with Crippen LogP contribution in [0.3, 0.4) is 0 Å². The van der Waals surface area contributed by atoms with Crippen molar-refractivity contribution in [2.24, 2.45) is 0 Å². The van der Waals surface area contributed by atoms with Crippen molar-refractivity contribution in [3.8, 4) is 0 Å². The van der Waals surface area contributed by atoms with Gasteiger partial charge in [0.1, 0.15) is 0 Å². The maximum atomic E-state index is 8.10. The van der Waals surface area contributed by atoms with E-state index in [1.54, 1.807) is 0 Å². The second-order valence-corrected chi connectivity index (χ2v) is 1.36. The maximum Gasteiger partial charge on any atom is 0.279 e. The van der Waals surface area contributed by atoms with Crippen LogP contribution in [-0.4, -0.2) is 26.4 Å². The van der Waals surface area contributed by atoms with Crippen LogP contribution in [0.4, 0.5) is 0 Å². The van der Waals surface area contributed by atoms with Gasteiger partial charge >= 0.3 is 0 Å². The SMILES string of the molecule is OC=CCC(O)(O)O. The summed E-state index contributed by atoms with van der Waals surface area (Å²) in [4.78, 5) is 0. The van der Waals surface area contributed by atoms with Crippen LogP contribution >= 0.6 is 0 Å². The first-order valence-corrected chi connectivity index (χ1v) is 2.02. The number of hydrogen-bond acceptors (Lipinski definition) is 4. The van der Waals surface area contributed by atoms with E-state index in [4.69, 9.17) is 20.4 Å². The molecule has 0 aliphatic carbocycles. The Bertz CT molecular complexity index is 80.5. The number of aliphatic hydroxyl groups excluding tert-OH is 1. The molecular weight excluding hydrogens is 112 g/mol. The molecule has 0 fully saturated rings. The van der Waals surface area contributed by atoms with Crippen molar-refractivity contribution >= 4 is 0 Å². The first kappa shape index (κ1) is 7.42. The van der Waals surface area contributed by atoms with E-state index in [9.17, 15) is 0 Å². The third-order valence-electron chi connectivity index (χ3n) is 0.497. The summed E-state index contributed by atoms with van der Waals surface area (Å²) in [6.07, 6.45) is 1.24. The van der Waals surface area contributed by atoms with Crippen LogP contribution in [0, 0.1) is 0 Å². The fourth-order valence-electron chi connectivity index (χ4n) is 0.211. The highest BCUT2D eigenvalue weighted by Gasteiger charge is 2.14.